The van der Waals surface area contributed by atoms with Gasteiger partial charge in [-0.3, -0.25) is 14.5 Å². The summed E-state index contributed by atoms with van der Waals surface area (Å²) in [5.41, 5.74) is 0.889. The number of halogens is 1. The van der Waals surface area contributed by atoms with Gasteiger partial charge in [0, 0.05) is 51.7 Å². The van der Waals surface area contributed by atoms with Gasteiger partial charge < -0.3 is 15.5 Å². The lowest BCUT2D eigenvalue weighted by Crippen LogP contribution is -2.52. The maximum atomic E-state index is 13.6. The van der Waals surface area contributed by atoms with E-state index in [2.05, 4.69) is 15.5 Å². The zero-order valence-corrected chi connectivity index (χ0v) is 15.2. The van der Waals surface area contributed by atoms with Gasteiger partial charge in [-0.15, -0.1) is 0 Å². The van der Waals surface area contributed by atoms with Crippen molar-refractivity contribution in [2.24, 2.45) is 0 Å². The van der Waals surface area contributed by atoms with Crippen molar-refractivity contribution in [3.05, 3.63) is 35.6 Å². The highest BCUT2D eigenvalue weighted by Gasteiger charge is 2.27. The molecule has 7 heteroatoms. The molecule has 0 aliphatic carbocycles. The lowest BCUT2D eigenvalue weighted by atomic mass is 10.0. The van der Waals surface area contributed by atoms with E-state index in [4.69, 9.17) is 0 Å². The number of likely N-dealkylation sites (tertiary alicyclic amines) is 1. The SMILES string of the molecule is CC(=O)N1CCC(NC(=O)CN2CCNCC2c2cccc(F)c2)CC1. The molecular weight excluding hydrogens is 335 g/mol. The van der Waals surface area contributed by atoms with Crippen LogP contribution in [-0.2, 0) is 9.59 Å². The van der Waals surface area contributed by atoms with Crippen LogP contribution in [-0.4, -0.2) is 66.9 Å². The second kappa shape index (κ2) is 8.60. The Hall–Kier alpha value is -1.99. The molecule has 0 aromatic heterocycles. The number of carbonyl (C=O) groups is 2. The molecular formula is C19H27FN4O2. The molecule has 2 N–H and O–H groups in total. The second-order valence-electron chi connectivity index (χ2n) is 7.09. The van der Waals surface area contributed by atoms with Gasteiger partial charge in [0.05, 0.1) is 6.54 Å². The van der Waals surface area contributed by atoms with Crippen LogP contribution in [0.4, 0.5) is 4.39 Å². The van der Waals surface area contributed by atoms with Crippen LogP contribution >= 0.6 is 0 Å². The predicted molar refractivity (Wildman–Crippen MR) is 97.0 cm³/mol. The summed E-state index contributed by atoms with van der Waals surface area (Å²) in [6.45, 7) is 5.53. The number of benzene rings is 1. The summed E-state index contributed by atoms with van der Waals surface area (Å²) in [6, 6.07) is 6.70. The lowest BCUT2D eigenvalue weighted by Gasteiger charge is -2.37. The summed E-state index contributed by atoms with van der Waals surface area (Å²) in [7, 11) is 0. The quantitative estimate of drug-likeness (QED) is 0.835. The van der Waals surface area contributed by atoms with Gasteiger partial charge >= 0.3 is 0 Å². The minimum atomic E-state index is -0.255. The van der Waals surface area contributed by atoms with E-state index in [1.165, 1.54) is 6.07 Å². The molecule has 2 saturated heterocycles. The van der Waals surface area contributed by atoms with E-state index in [0.29, 0.717) is 26.2 Å². The van der Waals surface area contributed by atoms with Crippen molar-refractivity contribution < 1.29 is 14.0 Å². The Morgan fingerprint density at radius 2 is 2.04 bits per heavy atom. The minimum Gasteiger partial charge on any atom is -0.352 e. The topological polar surface area (TPSA) is 64.7 Å². The zero-order chi connectivity index (χ0) is 18.5. The third kappa shape index (κ3) is 4.80. The first-order valence-corrected chi connectivity index (χ1v) is 9.28. The number of rotatable bonds is 4. The second-order valence-corrected chi connectivity index (χ2v) is 7.09. The number of piperazine rings is 1. The van der Waals surface area contributed by atoms with Gasteiger partial charge in [-0.1, -0.05) is 12.1 Å². The van der Waals surface area contributed by atoms with E-state index in [-0.39, 0.29) is 29.7 Å². The van der Waals surface area contributed by atoms with Crippen LogP contribution < -0.4 is 10.6 Å². The normalized spacial score (nSPS) is 22.2. The number of hydrogen-bond acceptors (Lipinski definition) is 4. The fourth-order valence-electron chi connectivity index (χ4n) is 3.77. The first kappa shape index (κ1) is 18.8. The van der Waals surface area contributed by atoms with E-state index in [1.54, 1.807) is 19.1 Å². The molecule has 2 fully saturated rings. The lowest BCUT2D eigenvalue weighted by molar-refractivity contribution is -0.130. The highest BCUT2D eigenvalue weighted by atomic mass is 19.1. The van der Waals surface area contributed by atoms with Gasteiger partial charge in [0.2, 0.25) is 11.8 Å². The Labute approximate surface area is 153 Å². The molecule has 1 aromatic carbocycles. The van der Waals surface area contributed by atoms with Crippen LogP contribution in [0.25, 0.3) is 0 Å². The summed E-state index contributed by atoms with van der Waals surface area (Å²) in [5.74, 6) is -0.169. The highest BCUT2D eigenvalue weighted by molar-refractivity contribution is 5.78. The Bertz CT molecular complexity index is 646. The van der Waals surface area contributed by atoms with Gasteiger partial charge in [-0.05, 0) is 30.5 Å². The fourth-order valence-corrected chi connectivity index (χ4v) is 3.77. The molecule has 2 aliphatic heterocycles. The fraction of sp³-hybridized carbons (Fsp3) is 0.579. The smallest absolute Gasteiger partial charge is 0.234 e. The van der Waals surface area contributed by atoms with E-state index >= 15 is 0 Å². The summed E-state index contributed by atoms with van der Waals surface area (Å²) in [6.07, 6.45) is 1.58. The van der Waals surface area contributed by atoms with Crippen LogP contribution in [0, 0.1) is 5.82 Å². The molecule has 2 aliphatic rings. The third-order valence-corrected chi connectivity index (χ3v) is 5.24. The summed E-state index contributed by atoms with van der Waals surface area (Å²) in [4.78, 5) is 27.8. The average Bonchev–Trinajstić information content (AvgIpc) is 2.62. The van der Waals surface area contributed by atoms with Crippen molar-refractivity contribution in [2.75, 3.05) is 39.3 Å². The number of hydrogen-bond donors (Lipinski definition) is 2. The van der Waals surface area contributed by atoms with E-state index in [9.17, 15) is 14.0 Å². The molecule has 1 unspecified atom stereocenters. The number of nitrogens with zero attached hydrogens (tertiary/aromatic N) is 2. The molecule has 0 saturated carbocycles. The van der Waals surface area contributed by atoms with Crippen molar-refractivity contribution in [3.8, 4) is 0 Å². The van der Waals surface area contributed by atoms with E-state index in [0.717, 1.165) is 31.5 Å². The van der Waals surface area contributed by atoms with Crippen molar-refractivity contribution in [1.82, 2.24) is 20.4 Å². The molecule has 2 amide bonds. The average molecular weight is 362 g/mol. The Morgan fingerprint density at radius 1 is 1.27 bits per heavy atom. The van der Waals surface area contributed by atoms with Crippen LogP contribution in [0.1, 0.15) is 31.4 Å². The minimum absolute atomic E-state index is 0.00502. The zero-order valence-electron chi connectivity index (χ0n) is 15.2. The Morgan fingerprint density at radius 3 is 2.73 bits per heavy atom. The van der Waals surface area contributed by atoms with E-state index in [1.807, 2.05) is 11.0 Å². The summed E-state index contributed by atoms with van der Waals surface area (Å²) in [5, 5.41) is 6.42. The van der Waals surface area contributed by atoms with Crippen LogP contribution in [0.3, 0.4) is 0 Å². The van der Waals surface area contributed by atoms with Gasteiger partial charge in [0.25, 0.3) is 0 Å². The van der Waals surface area contributed by atoms with Gasteiger partial charge in [0.1, 0.15) is 5.82 Å². The third-order valence-electron chi connectivity index (χ3n) is 5.24. The molecule has 0 bridgehead atoms. The van der Waals surface area contributed by atoms with Crippen LogP contribution in [0.5, 0.6) is 0 Å². The Kier molecular flexibility index (Phi) is 6.21. The highest BCUT2D eigenvalue weighted by Crippen LogP contribution is 2.22. The van der Waals surface area contributed by atoms with Crippen molar-refractivity contribution >= 4 is 11.8 Å². The number of carbonyl (C=O) groups excluding carboxylic acids is 2. The van der Waals surface area contributed by atoms with Gasteiger partial charge in [-0.2, -0.15) is 0 Å². The largest absolute Gasteiger partial charge is 0.352 e. The number of nitrogens with one attached hydrogen (secondary N) is 2. The summed E-state index contributed by atoms with van der Waals surface area (Å²) >= 11 is 0. The molecule has 6 nitrogen and oxygen atoms in total. The molecule has 26 heavy (non-hydrogen) atoms. The molecule has 142 valence electrons. The van der Waals surface area contributed by atoms with Gasteiger partial charge in [0.15, 0.2) is 0 Å². The van der Waals surface area contributed by atoms with Crippen molar-refractivity contribution in [3.63, 3.8) is 0 Å². The van der Waals surface area contributed by atoms with Crippen LogP contribution in [0.2, 0.25) is 0 Å². The first-order chi connectivity index (χ1) is 12.5. The van der Waals surface area contributed by atoms with Crippen molar-refractivity contribution in [1.29, 1.82) is 0 Å². The Balaban J connectivity index is 1.54. The summed E-state index contributed by atoms with van der Waals surface area (Å²) < 4.78 is 13.6. The molecule has 3 rings (SSSR count). The predicted octanol–water partition coefficient (Wildman–Crippen LogP) is 0.899. The molecule has 0 radical (unpaired) electrons. The monoisotopic (exact) mass is 362 g/mol. The standard InChI is InChI=1S/C19H27FN4O2/c1-14(25)23-8-5-17(6-9-23)22-19(26)13-24-10-7-21-12-18(24)15-3-2-4-16(20)11-15/h2-4,11,17-18,21H,5-10,12-13H2,1H3,(H,22,26). The maximum Gasteiger partial charge on any atom is 0.234 e. The molecule has 0 spiro atoms. The number of piperidine rings is 1. The first-order valence-electron chi connectivity index (χ1n) is 9.28. The molecule has 2 heterocycles. The van der Waals surface area contributed by atoms with Gasteiger partial charge in [-0.25, -0.2) is 4.39 Å². The molecule has 1 atom stereocenters. The molecule has 1 aromatic rings. The maximum absolute atomic E-state index is 13.6. The van der Waals surface area contributed by atoms with Crippen LogP contribution in [0.15, 0.2) is 24.3 Å². The number of amides is 2. The van der Waals surface area contributed by atoms with Crippen molar-refractivity contribution in [2.45, 2.75) is 31.8 Å². The van der Waals surface area contributed by atoms with E-state index < -0.39 is 0 Å².